The lowest BCUT2D eigenvalue weighted by Gasteiger charge is -2.29. The summed E-state index contributed by atoms with van der Waals surface area (Å²) in [5.74, 6) is -0.556. The number of nitrogens with zero attached hydrogens (tertiary/aromatic N) is 3. The van der Waals surface area contributed by atoms with Crippen LogP contribution in [-0.2, 0) is 9.53 Å². The van der Waals surface area contributed by atoms with E-state index < -0.39 is 0 Å². The number of halogens is 1. The molecule has 4 aromatic rings. The van der Waals surface area contributed by atoms with Crippen LogP contribution in [0, 0.1) is 5.82 Å². The Morgan fingerprint density at radius 1 is 1.08 bits per heavy atom. The SMILES string of the molecule is COCC(=O)Nc1ccc(N2C(=S)N[C@H](c3ccccn3)[C@@H]2c2cccn2-c2ccccc2F)cc1. The minimum Gasteiger partial charge on any atom is -0.375 e. The number of para-hydroxylation sites is 1. The smallest absolute Gasteiger partial charge is 0.250 e. The second-order valence-corrected chi connectivity index (χ2v) is 8.67. The molecule has 0 bridgehead atoms. The van der Waals surface area contributed by atoms with E-state index in [1.165, 1.54) is 13.2 Å². The van der Waals surface area contributed by atoms with Gasteiger partial charge in [0.1, 0.15) is 18.5 Å². The molecule has 0 saturated carbocycles. The Morgan fingerprint density at radius 2 is 1.86 bits per heavy atom. The van der Waals surface area contributed by atoms with Crippen molar-refractivity contribution < 1.29 is 13.9 Å². The Morgan fingerprint density at radius 3 is 2.58 bits per heavy atom. The van der Waals surface area contributed by atoms with Crippen molar-refractivity contribution in [2.24, 2.45) is 0 Å². The fraction of sp³-hybridized carbons (Fsp3) is 0.148. The molecule has 5 rings (SSSR count). The summed E-state index contributed by atoms with van der Waals surface area (Å²) in [5, 5.41) is 6.73. The number of thiocarbonyl (C=S) groups is 1. The molecule has 182 valence electrons. The van der Waals surface area contributed by atoms with E-state index in [9.17, 15) is 9.18 Å². The number of amides is 1. The quantitative estimate of drug-likeness (QED) is 0.356. The van der Waals surface area contributed by atoms with E-state index in [0.717, 1.165) is 17.1 Å². The number of pyridine rings is 1. The molecule has 7 nitrogen and oxygen atoms in total. The van der Waals surface area contributed by atoms with Crippen LogP contribution in [0.1, 0.15) is 23.5 Å². The first-order valence-electron chi connectivity index (χ1n) is 11.4. The van der Waals surface area contributed by atoms with E-state index >= 15 is 0 Å². The van der Waals surface area contributed by atoms with Crippen LogP contribution in [0.3, 0.4) is 0 Å². The molecule has 0 spiro atoms. The number of aromatic nitrogens is 2. The predicted molar refractivity (Wildman–Crippen MR) is 141 cm³/mol. The van der Waals surface area contributed by atoms with Crippen molar-refractivity contribution in [1.29, 1.82) is 0 Å². The zero-order chi connectivity index (χ0) is 25.1. The van der Waals surface area contributed by atoms with Gasteiger partial charge in [-0.05, 0) is 72.9 Å². The van der Waals surface area contributed by atoms with Crippen molar-refractivity contribution in [3.8, 4) is 5.69 Å². The van der Waals surface area contributed by atoms with Gasteiger partial charge in [-0.1, -0.05) is 18.2 Å². The van der Waals surface area contributed by atoms with Gasteiger partial charge in [0.05, 0.1) is 17.4 Å². The minimum absolute atomic E-state index is 0.0251. The fourth-order valence-corrected chi connectivity index (χ4v) is 4.81. The highest BCUT2D eigenvalue weighted by Crippen LogP contribution is 2.42. The van der Waals surface area contributed by atoms with Crippen molar-refractivity contribution in [3.05, 3.63) is 108 Å². The summed E-state index contributed by atoms with van der Waals surface area (Å²) in [6, 6.07) is 23.1. The summed E-state index contributed by atoms with van der Waals surface area (Å²) >= 11 is 5.79. The van der Waals surface area contributed by atoms with E-state index in [1.54, 1.807) is 18.3 Å². The van der Waals surface area contributed by atoms with Gasteiger partial charge >= 0.3 is 0 Å². The third-order valence-corrected chi connectivity index (χ3v) is 6.31. The molecule has 2 N–H and O–H groups in total. The largest absolute Gasteiger partial charge is 0.375 e. The highest BCUT2D eigenvalue weighted by Gasteiger charge is 2.42. The molecular formula is C27H24FN5O2S. The van der Waals surface area contributed by atoms with Crippen molar-refractivity contribution in [2.75, 3.05) is 23.9 Å². The number of carbonyl (C=O) groups excluding carboxylic acids is 1. The molecule has 3 heterocycles. The summed E-state index contributed by atoms with van der Waals surface area (Å²) in [6.07, 6.45) is 3.59. The van der Waals surface area contributed by atoms with E-state index in [2.05, 4.69) is 15.6 Å². The molecular weight excluding hydrogens is 477 g/mol. The van der Waals surface area contributed by atoms with Crippen molar-refractivity contribution in [2.45, 2.75) is 12.1 Å². The van der Waals surface area contributed by atoms with Crippen LogP contribution in [0.25, 0.3) is 5.69 Å². The first-order valence-corrected chi connectivity index (χ1v) is 11.8. The molecule has 2 aromatic heterocycles. The Kier molecular flexibility index (Phi) is 6.75. The van der Waals surface area contributed by atoms with Gasteiger partial charge in [0.2, 0.25) is 5.91 Å². The van der Waals surface area contributed by atoms with Gasteiger partial charge in [-0.25, -0.2) is 4.39 Å². The molecule has 1 aliphatic heterocycles. The molecule has 1 fully saturated rings. The summed E-state index contributed by atoms with van der Waals surface area (Å²) in [7, 11) is 1.47. The van der Waals surface area contributed by atoms with Crippen molar-refractivity contribution in [1.82, 2.24) is 14.9 Å². The molecule has 0 unspecified atom stereocenters. The van der Waals surface area contributed by atoms with E-state index in [0.29, 0.717) is 16.5 Å². The maximum Gasteiger partial charge on any atom is 0.250 e. The third kappa shape index (κ3) is 4.58. The average Bonchev–Trinajstić information content (AvgIpc) is 3.50. The van der Waals surface area contributed by atoms with Crippen LogP contribution in [0.5, 0.6) is 0 Å². The van der Waals surface area contributed by atoms with Gasteiger partial charge in [0.15, 0.2) is 5.11 Å². The van der Waals surface area contributed by atoms with Crippen molar-refractivity contribution >= 4 is 34.6 Å². The molecule has 1 aliphatic rings. The average molecular weight is 502 g/mol. The highest BCUT2D eigenvalue weighted by molar-refractivity contribution is 7.80. The Labute approximate surface area is 213 Å². The first kappa shape index (κ1) is 23.7. The second-order valence-electron chi connectivity index (χ2n) is 8.28. The van der Waals surface area contributed by atoms with E-state index in [1.807, 2.05) is 76.3 Å². The van der Waals surface area contributed by atoms with E-state index in [4.69, 9.17) is 17.0 Å². The number of methoxy groups -OCH3 is 1. The molecule has 9 heteroatoms. The van der Waals surface area contributed by atoms with E-state index in [-0.39, 0.29) is 30.4 Å². The number of rotatable bonds is 7. The molecule has 2 aromatic carbocycles. The lowest BCUT2D eigenvalue weighted by atomic mass is 10.0. The third-order valence-electron chi connectivity index (χ3n) is 6.00. The predicted octanol–water partition coefficient (Wildman–Crippen LogP) is 4.77. The zero-order valence-corrected chi connectivity index (χ0v) is 20.3. The van der Waals surface area contributed by atoms with Crippen LogP contribution < -0.4 is 15.5 Å². The topological polar surface area (TPSA) is 71.4 Å². The number of anilines is 2. The van der Waals surface area contributed by atoms with Crippen molar-refractivity contribution in [3.63, 3.8) is 0 Å². The fourth-order valence-electron chi connectivity index (χ4n) is 4.47. The summed E-state index contributed by atoms with van der Waals surface area (Å²) in [4.78, 5) is 18.5. The Bertz CT molecular complexity index is 1380. The lowest BCUT2D eigenvalue weighted by Crippen LogP contribution is -2.30. The van der Waals surface area contributed by atoms with Crippen LogP contribution in [0.15, 0.2) is 91.3 Å². The maximum atomic E-state index is 14.8. The number of nitrogens with one attached hydrogen (secondary N) is 2. The number of hydrogen-bond donors (Lipinski definition) is 2. The molecule has 36 heavy (non-hydrogen) atoms. The monoisotopic (exact) mass is 501 g/mol. The highest BCUT2D eigenvalue weighted by atomic mass is 32.1. The zero-order valence-electron chi connectivity index (χ0n) is 19.5. The number of hydrogen-bond acceptors (Lipinski definition) is 4. The Hall–Kier alpha value is -4.08. The summed E-state index contributed by atoms with van der Waals surface area (Å²) < 4.78 is 21.5. The minimum atomic E-state index is -0.323. The summed E-state index contributed by atoms with van der Waals surface area (Å²) in [5.41, 5.74) is 3.58. The number of ether oxygens (including phenoxy) is 1. The van der Waals surface area contributed by atoms with Gasteiger partial charge in [-0.15, -0.1) is 0 Å². The van der Waals surface area contributed by atoms with Crippen LogP contribution in [0.4, 0.5) is 15.8 Å². The van der Waals surface area contributed by atoms with Crippen LogP contribution in [0.2, 0.25) is 0 Å². The number of benzene rings is 2. The van der Waals surface area contributed by atoms with Gasteiger partial charge in [-0.3, -0.25) is 9.78 Å². The molecule has 0 aliphatic carbocycles. The Balaban J connectivity index is 1.57. The van der Waals surface area contributed by atoms with Gasteiger partial charge < -0.3 is 24.8 Å². The van der Waals surface area contributed by atoms with Crippen LogP contribution >= 0.6 is 12.2 Å². The maximum absolute atomic E-state index is 14.8. The van der Waals surface area contributed by atoms with Gasteiger partial charge in [-0.2, -0.15) is 0 Å². The first-order chi connectivity index (χ1) is 17.6. The molecule has 1 amide bonds. The molecule has 1 saturated heterocycles. The lowest BCUT2D eigenvalue weighted by molar-refractivity contribution is -0.119. The van der Waals surface area contributed by atoms with Gasteiger partial charge in [0.25, 0.3) is 0 Å². The summed E-state index contributed by atoms with van der Waals surface area (Å²) in [6.45, 7) is -0.0251. The van der Waals surface area contributed by atoms with Gasteiger partial charge in [0, 0.05) is 36.6 Å². The van der Waals surface area contributed by atoms with Crippen LogP contribution in [-0.4, -0.2) is 34.3 Å². The second kappa shape index (κ2) is 10.3. The molecule has 0 radical (unpaired) electrons. The standard InChI is InChI=1S/C27H24FN5O2S/c1-35-17-24(34)30-18-11-13-19(14-12-18)33-26(25(31-27(33)36)21-8-4-5-15-29-21)23-10-6-16-32(23)22-9-3-2-7-20(22)28/h2-16,25-26H,17H2,1H3,(H,30,34)(H,31,36)/t25-,26+/m1/s1. The molecule has 2 atom stereocenters. The number of carbonyl (C=O) groups is 1. The normalized spacial score (nSPS) is 17.2.